The van der Waals surface area contributed by atoms with E-state index in [1.54, 1.807) is 0 Å². The molecule has 1 fully saturated rings. The molecule has 1 unspecified atom stereocenters. The predicted octanol–water partition coefficient (Wildman–Crippen LogP) is 3.53. The first-order valence-electron chi connectivity index (χ1n) is 13.1. The average Bonchev–Trinajstić information content (AvgIpc) is 3.41. The minimum absolute atomic E-state index is 0.0431. The highest BCUT2D eigenvalue weighted by molar-refractivity contribution is 7.89. The van der Waals surface area contributed by atoms with Crippen LogP contribution in [0.5, 0.6) is 0 Å². The zero-order valence-electron chi connectivity index (χ0n) is 23.1. The minimum atomic E-state index is -4.55. The number of nitrogens with zero attached hydrogens (tertiary/aromatic N) is 1. The van der Waals surface area contributed by atoms with Gasteiger partial charge in [-0.25, -0.2) is 13.0 Å². The molecule has 1 saturated heterocycles. The van der Waals surface area contributed by atoms with E-state index in [9.17, 15) is 17.9 Å². The fourth-order valence-corrected chi connectivity index (χ4v) is 6.56. The van der Waals surface area contributed by atoms with Crippen molar-refractivity contribution in [3.05, 3.63) is 72.6 Å². The number of phosphoric acid groups is 1. The quantitative estimate of drug-likeness (QED) is 0.149. The van der Waals surface area contributed by atoms with Crippen molar-refractivity contribution in [1.29, 1.82) is 0 Å². The maximum Gasteiger partial charge on any atom is 0.472 e. The Kier molecular flexibility index (Phi) is 11.6. The minimum Gasteiger partial charge on any atom is -0.474 e. The zero-order chi connectivity index (χ0) is 29.3. The van der Waals surface area contributed by atoms with Gasteiger partial charge in [0.25, 0.3) is 0 Å². The Morgan fingerprint density at radius 2 is 1.88 bits per heavy atom. The molecule has 2 aromatic rings. The van der Waals surface area contributed by atoms with Crippen LogP contribution in [0.2, 0.25) is 0 Å². The highest BCUT2D eigenvalue weighted by atomic mass is 32.2. The van der Waals surface area contributed by atoms with E-state index in [1.807, 2.05) is 44.2 Å². The highest BCUT2D eigenvalue weighted by Crippen LogP contribution is 2.44. The van der Waals surface area contributed by atoms with Crippen LogP contribution in [0.4, 0.5) is 5.69 Å². The number of nitrogens with one attached hydrogen (secondary N) is 1. The molecule has 0 aliphatic carbocycles. The van der Waals surface area contributed by atoms with Crippen LogP contribution in [-0.4, -0.2) is 69.3 Å². The van der Waals surface area contributed by atoms with Crippen molar-refractivity contribution >= 4 is 23.5 Å². The molecule has 11 nitrogen and oxygen atoms in total. The van der Waals surface area contributed by atoms with Crippen LogP contribution in [-0.2, 0) is 39.5 Å². The molecule has 4 N–H and O–H groups in total. The molecule has 1 aliphatic rings. The van der Waals surface area contributed by atoms with Crippen LogP contribution >= 0.6 is 7.82 Å². The first-order valence-corrected chi connectivity index (χ1v) is 16.0. The number of hydrogen-bond donors (Lipinski definition) is 3. The number of nitrogen functional groups attached to an aromatic ring is 1. The van der Waals surface area contributed by atoms with Crippen molar-refractivity contribution in [1.82, 2.24) is 9.62 Å². The molecular weight excluding hydrogens is 557 g/mol. The maximum atomic E-state index is 13.8. The van der Waals surface area contributed by atoms with Gasteiger partial charge in [0.2, 0.25) is 10.0 Å². The summed E-state index contributed by atoms with van der Waals surface area (Å²) in [6, 6.07) is 14.5. The zero-order valence-corrected chi connectivity index (χ0v) is 24.9. The summed E-state index contributed by atoms with van der Waals surface area (Å²) in [6.07, 6.45) is -0.348. The molecule has 0 amide bonds. The first-order chi connectivity index (χ1) is 18.9. The fourth-order valence-electron chi connectivity index (χ4n) is 4.31. The van der Waals surface area contributed by atoms with E-state index in [0.29, 0.717) is 31.7 Å². The molecule has 13 heteroatoms. The lowest BCUT2D eigenvalue weighted by Gasteiger charge is -2.34. The van der Waals surface area contributed by atoms with Gasteiger partial charge in [0.15, 0.2) is 5.88 Å². The van der Waals surface area contributed by atoms with Gasteiger partial charge < -0.3 is 25.4 Å². The maximum absolute atomic E-state index is 13.8. The second-order valence-corrected chi connectivity index (χ2v) is 13.5. The SMILES string of the molecule is C=C(N[C@@H](Cc1ccccc1)[C@@H](CN(CC(C)C)S(=O)(=O)c1ccc(N)cc1)OP(=O)(O)OC)O[C@H]1CCOC1. The van der Waals surface area contributed by atoms with Gasteiger partial charge in [0, 0.05) is 32.3 Å². The first kappa shape index (κ1) is 32.1. The Balaban J connectivity index is 1.98. The average molecular weight is 598 g/mol. The van der Waals surface area contributed by atoms with Crippen molar-refractivity contribution in [2.24, 2.45) is 5.92 Å². The van der Waals surface area contributed by atoms with Gasteiger partial charge in [-0.05, 0) is 48.7 Å². The van der Waals surface area contributed by atoms with E-state index in [4.69, 9.17) is 24.3 Å². The summed E-state index contributed by atoms with van der Waals surface area (Å²) in [7, 11) is -7.53. The molecule has 222 valence electrons. The second kappa shape index (κ2) is 14.5. The molecule has 0 bridgehead atoms. The van der Waals surface area contributed by atoms with Gasteiger partial charge in [-0.2, -0.15) is 4.31 Å². The van der Waals surface area contributed by atoms with Gasteiger partial charge in [-0.3, -0.25) is 9.05 Å². The number of sulfonamides is 1. The standard InChI is InChI=1S/C27H40N3O8PS/c1-20(2)17-30(40(33,34)25-12-10-23(28)11-13-25)18-27(38-39(31,32)35-4)26(16-22-8-6-5-7-9-22)29-21(3)37-24-14-15-36-19-24/h5-13,20,24,26-27,29H,3,14-19,28H2,1-2,4H3,(H,31,32)/t24-,26-,27+/m0/s1. The molecule has 2 aromatic carbocycles. The molecule has 0 radical (unpaired) electrons. The smallest absolute Gasteiger partial charge is 0.472 e. The van der Waals surface area contributed by atoms with Gasteiger partial charge in [-0.15, -0.1) is 0 Å². The lowest BCUT2D eigenvalue weighted by Crippen LogP contribution is -2.50. The molecule has 3 rings (SSSR count). The number of rotatable bonds is 16. The molecule has 0 aromatic heterocycles. The van der Waals surface area contributed by atoms with Crippen molar-refractivity contribution in [2.75, 3.05) is 39.1 Å². The number of anilines is 1. The topological polar surface area (TPSA) is 150 Å². The summed E-state index contributed by atoms with van der Waals surface area (Å²) in [6.45, 7) is 8.60. The lowest BCUT2D eigenvalue weighted by molar-refractivity contribution is 0.0521. The molecular formula is C27H40N3O8PS. The van der Waals surface area contributed by atoms with Crippen LogP contribution in [0.15, 0.2) is 72.0 Å². The van der Waals surface area contributed by atoms with E-state index in [-0.39, 0.29) is 35.9 Å². The third-order valence-electron chi connectivity index (χ3n) is 6.26. The normalized spacial score (nSPS) is 18.8. The van der Waals surface area contributed by atoms with E-state index in [0.717, 1.165) is 12.7 Å². The molecule has 4 atom stereocenters. The van der Waals surface area contributed by atoms with Crippen LogP contribution in [0, 0.1) is 5.92 Å². The molecule has 40 heavy (non-hydrogen) atoms. The number of benzene rings is 2. The Morgan fingerprint density at radius 1 is 1.20 bits per heavy atom. The Labute approximate surface area is 236 Å². The number of hydrogen-bond acceptors (Lipinski definition) is 9. The molecule has 1 aliphatic heterocycles. The van der Waals surface area contributed by atoms with Crippen molar-refractivity contribution < 1.29 is 36.4 Å². The largest absolute Gasteiger partial charge is 0.474 e. The van der Waals surface area contributed by atoms with Crippen LogP contribution < -0.4 is 11.1 Å². The summed E-state index contributed by atoms with van der Waals surface area (Å²) in [5, 5.41) is 3.17. The molecule has 1 heterocycles. The fraction of sp³-hybridized carbons (Fsp3) is 0.481. The van der Waals surface area contributed by atoms with E-state index >= 15 is 0 Å². The monoisotopic (exact) mass is 597 g/mol. The van der Waals surface area contributed by atoms with E-state index in [2.05, 4.69) is 11.9 Å². The van der Waals surface area contributed by atoms with Gasteiger partial charge in [0.1, 0.15) is 12.2 Å². The van der Waals surface area contributed by atoms with Crippen molar-refractivity contribution in [3.8, 4) is 0 Å². The third-order valence-corrected chi connectivity index (χ3v) is 9.10. The van der Waals surface area contributed by atoms with E-state index < -0.39 is 30.0 Å². The molecule has 0 spiro atoms. The number of nitrogens with two attached hydrogens (primary N) is 1. The summed E-state index contributed by atoms with van der Waals surface area (Å²) in [5.74, 6) is 0.154. The van der Waals surface area contributed by atoms with Crippen LogP contribution in [0.25, 0.3) is 0 Å². The molecule has 0 saturated carbocycles. The third kappa shape index (κ3) is 9.59. The Bertz CT molecular complexity index is 1240. The predicted molar refractivity (Wildman–Crippen MR) is 153 cm³/mol. The summed E-state index contributed by atoms with van der Waals surface area (Å²) in [4.78, 5) is 10.4. The van der Waals surface area contributed by atoms with Gasteiger partial charge >= 0.3 is 7.82 Å². The summed E-state index contributed by atoms with van der Waals surface area (Å²) in [5.41, 5.74) is 7.08. The van der Waals surface area contributed by atoms with Gasteiger partial charge in [-0.1, -0.05) is 44.2 Å². The number of ether oxygens (including phenoxy) is 2. The van der Waals surface area contributed by atoms with Crippen molar-refractivity contribution in [3.63, 3.8) is 0 Å². The van der Waals surface area contributed by atoms with E-state index in [1.165, 1.54) is 28.6 Å². The Hall–Kier alpha value is -2.44. The lowest BCUT2D eigenvalue weighted by atomic mass is 10.0. The van der Waals surface area contributed by atoms with Crippen molar-refractivity contribution in [2.45, 2.75) is 49.8 Å². The van der Waals surface area contributed by atoms with Crippen LogP contribution in [0.1, 0.15) is 25.8 Å². The summed E-state index contributed by atoms with van der Waals surface area (Å²) >= 11 is 0. The van der Waals surface area contributed by atoms with Crippen LogP contribution in [0.3, 0.4) is 0 Å². The Morgan fingerprint density at radius 3 is 2.45 bits per heavy atom. The highest BCUT2D eigenvalue weighted by Gasteiger charge is 2.37. The summed E-state index contributed by atoms with van der Waals surface area (Å²) < 4.78 is 63.2. The second-order valence-electron chi connectivity index (χ2n) is 10.0. The number of phosphoric ester groups is 1. The van der Waals surface area contributed by atoms with Gasteiger partial charge in [0.05, 0.1) is 24.2 Å².